The number of aromatic nitrogens is 2. The standard InChI is InChI=1S/C10H3BrCl3N5S/c11-3-2-15-10(14)17-9(3)16-6-4(12)1-5(13)7-8(6)19-20-18-7/h1-2H,(H,15,16,17). The lowest BCUT2D eigenvalue weighted by Gasteiger charge is -2.12. The van der Waals surface area contributed by atoms with E-state index in [0.717, 1.165) is 11.4 Å². The third kappa shape index (κ3) is 2.56. The van der Waals surface area contributed by atoms with E-state index in [1.54, 1.807) is 6.07 Å². The first-order chi connectivity index (χ1) is 9.56. The molecule has 5 nitrogen and oxygen atoms in total. The average Bonchev–Trinajstić information content (AvgIpc) is 2.88. The molecule has 0 aliphatic carbocycles. The summed E-state index contributed by atoms with van der Waals surface area (Å²) in [4.78, 5) is 7.94. The zero-order valence-electron chi connectivity index (χ0n) is 9.36. The summed E-state index contributed by atoms with van der Waals surface area (Å²) in [6.45, 7) is 0. The number of hydrogen-bond donors (Lipinski definition) is 1. The van der Waals surface area contributed by atoms with Crippen molar-refractivity contribution in [3.05, 3.63) is 32.1 Å². The SMILES string of the molecule is Clc1ncc(Br)c(Nc2c(Cl)cc(Cl)c3c2N=S=N3)n1. The normalized spacial score (nSPS) is 12.2. The first-order valence-corrected chi connectivity index (χ1v) is 7.77. The number of rotatable bonds is 2. The van der Waals surface area contributed by atoms with Gasteiger partial charge in [-0.3, -0.25) is 0 Å². The molecule has 0 unspecified atom stereocenters. The zero-order valence-corrected chi connectivity index (χ0v) is 14.0. The summed E-state index contributed by atoms with van der Waals surface area (Å²) in [6, 6.07) is 1.60. The Morgan fingerprint density at radius 3 is 2.65 bits per heavy atom. The fraction of sp³-hybridized carbons (Fsp3) is 0. The second kappa shape index (κ2) is 5.57. The van der Waals surface area contributed by atoms with E-state index in [-0.39, 0.29) is 5.28 Å². The molecule has 0 amide bonds. The molecule has 20 heavy (non-hydrogen) atoms. The van der Waals surface area contributed by atoms with Crippen molar-refractivity contribution >= 4 is 85.0 Å². The van der Waals surface area contributed by atoms with Gasteiger partial charge in [0.25, 0.3) is 0 Å². The Morgan fingerprint density at radius 2 is 1.85 bits per heavy atom. The molecule has 0 saturated heterocycles. The van der Waals surface area contributed by atoms with E-state index in [1.807, 2.05) is 0 Å². The minimum absolute atomic E-state index is 0.119. The van der Waals surface area contributed by atoms with Crippen LogP contribution in [-0.4, -0.2) is 9.97 Å². The molecule has 0 fully saturated rings. The third-order valence-corrected chi connectivity index (χ3v) is 4.28. The summed E-state index contributed by atoms with van der Waals surface area (Å²) in [5.74, 6) is 0.475. The number of anilines is 2. The van der Waals surface area contributed by atoms with Gasteiger partial charge in [-0.2, -0.15) is 13.7 Å². The van der Waals surface area contributed by atoms with Gasteiger partial charge in [-0.15, -0.1) is 0 Å². The van der Waals surface area contributed by atoms with Gasteiger partial charge in [0.05, 0.1) is 31.6 Å². The third-order valence-electron chi connectivity index (χ3n) is 2.40. The molecule has 3 rings (SSSR count). The van der Waals surface area contributed by atoms with E-state index in [9.17, 15) is 0 Å². The van der Waals surface area contributed by atoms with Crippen molar-refractivity contribution in [3.8, 4) is 0 Å². The molecule has 0 saturated carbocycles. The van der Waals surface area contributed by atoms with E-state index in [2.05, 4.69) is 39.9 Å². The molecule has 1 aromatic heterocycles. The summed E-state index contributed by atoms with van der Waals surface area (Å²) in [5, 5.41) is 4.05. The summed E-state index contributed by atoms with van der Waals surface area (Å²) in [7, 11) is 0. The van der Waals surface area contributed by atoms with Gasteiger partial charge in [-0.25, -0.2) is 4.98 Å². The van der Waals surface area contributed by atoms with Crippen molar-refractivity contribution in [3.63, 3.8) is 0 Å². The minimum Gasteiger partial charge on any atom is -0.336 e. The molecule has 0 bridgehead atoms. The highest BCUT2D eigenvalue weighted by Gasteiger charge is 2.20. The van der Waals surface area contributed by atoms with Gasteiger partial charge in [0.2, 0.25) is 5.28 Å². The summed E-state index contributed by atoms with van der Waals surface area (Å²) in [5.41, 5.74) is 1.73. The summed E-state index contributed by atoms with van der Waals surface area (Å²) < 4.78 is 8.97. The predicted octanol–water partition coefficient (Wildman–Crippen LogP) is 5.67. The Morgan fingerprint density at radius 1 is 1.10 bits per heavy atom. The molecule has 1 aliphatic rings. The van der Waals surface area contributed by atoms with E-state index < -0.39 is 0 Å². The first-order valence-electron chi connectivity index (χ1n) is 5.11. The highest BCUT2D eigenvalue weighted by atomic mass is 79.9. The fourth-order valence-electron chi connectivity index (χ4n) is 1.54. The Hall–Kier alpha value is -0.730. The summed E-state index contributed by atoms with van der Waals surface area (Å²) in [6.07, 6.45) is 1.54. The Kier molecular flexibility index (Phi) is 3.96. The largest absolute Gasteiger partial charge is 0.336 e. The number of nitrogens with zero attached hydrogens (tertiary/aromatic N) is 4. The number of nitrogens with one attached hydrogen (secondary N) is 1. The fourth-order valence-corrected chi connectivity index (χ4v) is 3.13. The van der Waals surface area contributed by atoms with Crippen LogP contribution in [0.3, 0.4) is 0 Å². The lowest BCUT2D eigenvalue weighted by atomic mass is 10.2. The Labute approximate surface area is 140 Å². The number of fused-ring (bicyclic) bond motifs is 1. The van der Waals surface area contributed by atoms with Crippen LogP contribution in [0.5, 0.6) is 0 Å². The molecule has 0 radical (unpaired) electrons. The lowest BCUT2D eigenvalue weighted by molar-refractivity contribution is 1.15. The minimum atomic E-state index is 0.119. The van der Waals surface area contributed by atoms with Crippen LogP contribution in [0.15, 0.2) is 25.5 Å². The van der Waals surface area contributed by atoms with Gasteiger partial charge in [0, 0.05) is 6.20 Å². The van der Waals surface area contributed by atoms with E-state index in [0.29, 0.717) is 37.4 Å². The monoisotopic (exact) mass is 409 g/mol. The molecular weight excluding hydrogens is 408 g/mol. The van der Waals surface area contributed by atoms with Crippen molar-refractivity contribution in [1.29, 1.82) is 0 Å². The van der Waals surface area contributed by atoms with Gasteiger partial charge < -0.3 is 5.32 Å². The van der Waals surface area contributed by atoms with Crippen molar-refractivity contribution in [2.75, 3.05) is 5.32 Å². The lowest BCUT2D eigenvalue weighted by Crippen LogP contribution is -1.97. The van der Waals surface area contributed by atoms with E-state index >= 15 is 0 Å². The summed E-state index contributed by atoms with van der Waals surface area (Å²) >= 11 is 22.4. The molecule has 0 atom stereocenters. The van der Waals surface area contributed by atoms with E-state index in [4.69, 9.17) is 34.8 Å². The predicted molar refractivity (Wildman–Crippen MR) is 86.0 cm³/mol. The van der Waals surface area contributed by atoms with Crippen molar-refractivity contribution < 1.29 is 0 Å². The molecule has 102 valence electrons. The molecular formula is C10H3BrCl3N5S. The van der Waals surface area contributed by atoms with Gasteiger partial charge >= 0.3 is 0 Å². The number of hydrogen-bond acceptors (Lipinski definition) is 5. The van der Waals surface area contributed by atoms with Gasteiger partial charge in [-0.05, 0) is 33.6 Å². The first kappa shape index (κ1) is 14.2. The second-order valence-corrected chi connectivity index (χ2v) is 6.17. The Balaban J connectivity index is 2.11. The van der Waals surface area contributed by atoms with Crippen LogP contribution in [0, 0.1) is 0 Å². The maximum absolute atomic E-state index is 6.21. The molecule has 1 aliphatic heterocycles. The van der Waals surface area contributed by atoms with Crippen LogP contribution in [0.25, 0.3) is 0 Å². The molecule has 1 aromatic carbocycles. The van der Waals surface area contributed by atoms with Crippen molar-refractivity contribution in [2.45, 2.75) is 0 Å². The van der Waals surface area contributed by atoms with Crippen molar-refractivity contribution in [1.82, 2.24) is 9.97 Å². The molecule has 0 spiro atoms. The van der Waals surface area contributed by atoms with Crippen LogP contribution >= 0.6 is 50.7 Å². The number of halogens is 4. The van der Waals surface area contributed by atoms with Crippen LogP contribution in [0.4, 0.5) is 22.9 Å². The molecule has 10 heteroatoms. The highest BCUT2D eigenvalue weighted by Crippen LogP contribution is 2.48. The topological polar surface area (TPSA) is 62.5 Å². The van der Waals surface area contributed by atoms with Crippen LogP contribution < -0.4 is 5.32 Å². The molecule has 1 N–H and O–H groups in total. The van der Waals surface area contributed by atoms with Gasteiger partial charge in [0.15, 0.2) is 0 Å². The smallest absolute Gasteiger partial charge is 0.224 e. The average molecular weight is 411 g/mol. The highest BCUT2D eigenvalue weighted by molar-refractivity contribution is 9.10. The quantitative estimate of drug-likeness (QED) is 0.553. The number of benzene rings is 1. The molecule has 2 heterocycles. The van der Waals surface area contributed by atoms with Crippen LogP contribution in [0.1, 0.15) is 0 Å². The van der Waals surface area contributed by atoms with Crippen LogP contribution in [0.2, 0.25) is 15.3 Å². The molecule has 2 aromatic rings. The zero-order chi connectivity index (χ0) is 14.3. The van der Waals surface area contributed by atoms with Gasteiger partial charge in [0.1, 0.15) is 17.2 Å². The second-order valence-electron chi connectivity index (χ2n) is 3.64. The van der Waals surface area contributed by atoms with E-state index in [1.165, 1.54) is 6.20 Å². The Bertz CT molecular complexity index is 791. The maximum Gasteiger partial charge on any atom is 0.224 e. The maximum atomic E-state index is 6.21. The van der Waals surface area contributed by atoms with Crippen LogP contribution in [-0.2, 0) is 11.4 Å². The van der Waals surface area contributed by atoms with Crippen molar-refractivity contribution in [2.24, 2.45) is 8.73 Å². The van der Waals surface area contributed by atoms with Gasteiger partial charge in [-0.1, -0.05) is 23.2 Å².